The zero-order chi connectivity index (χ0) is 17.3. The van der Waals surface area contributed by atoms with Gasteiger partial charge in [0.05, 0.1) is 11.8 Å². The fraction of sp³-hybridized carbons (Fsp3) is 0.632. The second-order valence-corrected chi connectivity index (χ2v) is 8.58. The van der Waals surface area contributed by atoms with Gasteiger partial charge in [0, 0.05) is 26.0 Å². The van der Waals surface area contributed by atoms with Gasteiger partial charge >= 0.3 is 5.65 Å². The number of rotatable bonds is 2. The fourth-order valence-electron chi connectivity index (χ4n) is 5.93. The maximum Gasteiger partial charge on any atom is 0.361 e. The van der Waals surface area contributed by atoms with E-state index in [9.17, 15) is 9.90 Å². The normalized spacial score (nSPS) is 36.1. The molecule has 2 aromatic heterocycles. The Kier molecular flexibility index (Phi) is 3.08. The van der Waals surface area contributed by atoms with Crippen LogP contribution in [0.1, 0.15) is 53.8 Å². The molecular weight excluding hydrogens is 316 g/mol. The Bertz CT molecular complexity index is 858. The summed E-state index contributed by atoms with van der Waals surface area (Å²) in [6, 6.07) is 2.18. The molecule has 4 bridgehead atoms. The molecule has 2 heterocycles. The minimum atomic E-state index is -0.468. The lowest BCUT2D eigenvalue weighted by atomic mass is 9.52. The van der Waals surface area contributed by atoms with Gasteiger partial charge in [-0.15, -0.1) is 4.52 Å². The molecule has 4 aliphatic carbocycles. The summed E-state index contributed by atoms with van der Waals surface area (Å²) in [6.07, 6.45) is 6.66. The van der Waals surface area contributed by atoms with Crippen LogP contribution in [0.25, 0.3) is 5.65 Å². The lowest BCUT2D eigenvalue weighted by Gasteiger charge is -2.58. The number of hydrogen-bond acceptors (Lipinski definition) is 3. The van der Waals surface area contributed by atoms with E-state index in [-0.39, 0.29) is 11.9 Å². The van der Waals surface area contributed by atoms with Crippen LogP contribution in [0.5, 0.6) is 0 Å². The molecule has 3 N–H and O–H groups in total. The predicted molar refractivity (Wildman–Crippen MR) is 91.0 cm³/mol. The first-order valence-corrected chi connectivity index (χ1v) is 9.32. The van der Waals surface area contributed by atoms with Gasteiger partial charge in [-0.1, -0.05) is 0 Å². The van der Waals surface area contributed by atoms with Gasteiger partial charge < -0.3 is 10.4 Å². The zero-order valence-corrected chi connectivity index (χ0v) is 14.7. The van der Waals surface area contributed by atoms with E-state index in [4.69, 9.17) is 0 Å². The molecular formula is C19H25N4O2+. The van der Waals surface area contributed by atoms with Gasteiger partial charge in [0.25, 0.3) is 5.91 Å². The largest absolute Gasteiger partial charge is 0.390 e. The number of carbonyl (C=O) groups is 1. The number of amides is 1. The molecule has 5 atom stereocenters. The summed E-state index contributed by atoms with van der Waals surface area (Å²) >= 11 is 0. The molecule has 4 fully saturated rings. The zero-order valence-electron chi connectivity index (χ0n) is 14.7. The summed E-state index contributed by atoms with van der Waals surface area (Å²) < 4.78 is 1.85. The van der Waals surface area contributed by atoms with E-state index in [1.807, 2.05) is 24.4 Å². The van der Waals surface area contributed by atoms with Crippen LogP contribution in [0, 0.1) is 31.6 Å². The number of hydrogen-bond donors (Lipinski definition) is 3. The van der Waals surface area contributed by atoms with E-state index in [2.05, 4.69) is 15.4 Å². The van der Waals surface area contributed by atoms with Gasteiger partial charge in [0.1, 0.15) is 5.69 Å². The first-order valence-electron chi connectivity index (χ1n) is 9.32. The van der Waals surface area contributed by atoms with Crippen LogP contribution in [0.3, 0.4) is 0 Å². The highest BCUT2D eigenvalue weighted by atomic mass is 16.3. The van der Waals surface area contributed by atoms with Crippen molar-refractivity contribution in [3.05, 3.63) is 29.2 Å². The Morgan fingerprint density at radius 1 is 1.32 bits per heavy atom. The second kappa shape index (κ2) is 5.04. The molecule has 25 heavy (non-hydrogen) atoms. The second-order valence-electron chi connectivity index (χ2n) is 8.58. The summed E-state index contributed by atoms with van der Waals surface area (Å²) in [5.74, 6) is 1.41. The van der Waals surface area contributed by atoms with Gasteiger partial charge in [-0.25, -0.2) is 5.10 Å². The predicted octanol–water partition coefficient (Wildman–Crippen LogP) is 1.43. The highest BCUT2D eigenvalue weighted by molar-refractivity contribution is 5.98. The number of fused-ring (bicyclic) bond motifs is 1. The van der Waals surface area contributed by atoms with E-state index in [1.165, 1.54) is 0 Å². The third-order valence-electron chi connectivity index (χ3n) is 6.63. The average molecular weight is 341 g/mol. The maximum absolute atomic E-state index is 13.0. The smallest absolute Gasteiger partial charge is 0.361 e. The third kappa shape index (κ3) is 2.30. The molecule has 0 aliphatic heterocycles. The first-order chi connectivity index (χ1) is 11.9. The molecule has 3 unspecified atom stereocenters. The molecule has 132 valence electrons. The molecule has 0 radical (unpaired) electrons. The van der Waals surface area contributed by atoms with Crippen LogP contribution in [-0.4, -0.2) is 32.7 Å². The van der Waals surface area contributed by atoms with E-state index in [1.54, 1.807) is 6.20 Å². The number of carbonyl (C=O) groups excluding carboxylic acids is 1. The van der Waals surface area contributed by atoms with Crippen molar-refractivity contribution >= 4 is 11.6 Å². The Morgan fingerprint density at radius 3 is 2.72 bits per heavy atom. The van der Waals surface area contributed by atoms with Gasteiger partial charge in [0.2, 0.25) is 0 Å². The van der Waals surface area contributed by atoms with Crippen LogP contribution in [0.2, 0.25) is 0 Å². The van der Waals surface area contributed by atoms with Crippen molar-refractivity contribution in [3.63, 3.8) is 0 Å². The Morgan fingerprint density at radius 2 is 2.04 bits per heavy atom. The number of aryl methyl sites for hydroxylation is 2. The van der Waals surface area contributed by atoms with Crippen molar-refractivity contribution < 1.29 is 14.4 Å². The van der Waals surface area contributed by atoms with E-state index >= 15 is 0 Å². The third-order valence-corrected chi connectivity index (χ3v) is 6.63. The number of nitrogens with one attached hydrogen (secondary N) is 2. The number of nitrogens with zero attached hydrogens (tertiary/aromatic N) is 2. The van der Waals surface area contributed by atoms with Crippen molar-refractivity contribution in [1.29, 1.82) is 0 Å². The van der Waals surface area contributed by atoms with Gasteiger partial charge in [0.15, 0.2) is 11.3 Å². The van der Waals surface area contributed by atoms with Crippen LogP contribution in [-0.2, 0) is 0 Å². The van der Waals surface area contributed by atoms with Crippen molar-refractivity contribution in [2.75, 3.05) is 0 Å². The van der Waals surface area contributed by atoms with Crippen LogP contribution >= 0.6 is 0 Å². The molecule has 0 spiro atoms. The minimum Gasteiger partial charge on any atom is -0.390 e. The summed E-state index contributed by atoms with van der Waals surface area (Å²) in [4.78, 5) is 17.5. The molecule has 0 saturated heterocycles. The average Bonchev–Trinajstić information content (AvgIpc) is 2.93. The molecule has 6 nitrogen and oxygen atoms in total. The van der Waals surface area contributed by atoms with Crippen molar-refractivity contribution in [2.24, 2.45) is 17.8 Å². The summed E-state index contributed by atoms with van der Waals surface area (Å²) in [5.41, 5.74) is 2.74. The van der Waals surface area contributed by atoms with E-state index < -0.39 is 5.60 Å². The molecule has 2 aromatic rings. The molecule has 6 heteroatoms. The number of H-pyrrole nitrogens is 1. The van der Waals surface area contributed by atoms with Gasteiger partial charge in [-0.2, -0.15) is 0 Å². The Balaban J connectivity index is 1.43. The van der Waals surface area contributed by atoms with Crippen molar-refractivity contribution in [3.8, 4) is 0 Å². The molecule has 0 aromatic carbocycles. The topological polar surface area (TPSA) is 82.1 Å². The quantitative estimate of drug-likeness (QED) is 0.723. The lowest BCUT2D eigenvalue weighted by molar-refractivity contribution is -0.586. The number of aromatic amines is 1. The highest BCUT2D eigenvalue weighted by Gasteiger charge is 2.55. The minimum absolute atomic E-state index is 0.0549. The highest BCUT2D eigenvalue weighted by Crippen LogP contribution is 2.55. The van der Waals surface area contributed by atoms with Crippen LogP contribution in [0.15, 0.2) is 12.3 Å². The number of aliphatic hydroxyl groups is 1. The summed E-state index contributed by atoms with van der Waals surface area (Å²) in [6.45, 7) is 3.94. The van der Waals surface area contributed by atoms with Crippen LogP contribution < -0.4 is 9.83 Å². The Hall–Kier alpha value is -1.95. The molecule has 6 rings (SSSR count). The maximum atomic E-state index is 13.0. The van der Waals surface area contributed by atoms with E-state index in [0.29, 0.717) is 29.0 Å². The first kappa shape index (κ1) is 15.3. The standard InChI is InChI=1S/C19H24N4O2/c1-10-3-11(2)23-17(21-10)15(9-20-23)18(24)22-16-13-4-12-5-14(16)8-19(25,6-12)7-13/h3,9,12-14,16,25H,4-8H2,1-2H3,(H,22,24)/p+1/t12?,13-,14+,16?,19?. The van der Waals surface area contributed by atoms with E-state index in [0.717, 1.165) is 43.5 Å². The van der Waals surface area contributed by atoms with Gasteiger partial charge in [-0.05, 0) is 54.8 Å². The summed E-state index contributed by atoms with van der Waals surface area (Å²) in [7, 11) is 0. The van der Waals surface area contributed by atoms with Crippen molar-refractivity contribution in [2.45, 2.75) is 57.6 Å². The number of aromatic nitrogens is 3. The molecule has 4 saturated carbocycles. The monoisotopic (exact) mass is 341 g/mol. The van der Waals surface area contributed by atoms with Crippen LogP contribution in [0.4, 0.5) is 0 Å². The summed E-state index contributed by atoms with van der Waals surface area (Å²) in [5, 5.41) is 17.1. The van der Waals surface area contributed by atoms with Gasteiger partial charge in [-0.3, -0.25) is 4.79 Å². The SMILES string of the molecule is Cc1cc(C)[n+]2[nH]cc(C(=O)NC3[C@@H]4CC5C[C@H]3CC(O)(C5)C4)c2n1. The molecule has 1 amide bonds. The fourth-order valence-corrected chi connectivity index (χ4v) is 5.93. The molecule has 4 aliphatic rings. The Labute approximate surface area is 146 Å². The van der Waals surface area contributed by atoms with Crippen molar-refractivity contribution in [1.82, 2.24) is 15.4 Å². The lowest BCUT2D eigenvalue weighted by Crippen LogP contribution is -2.61.